The van der Waals surface area contributed by atoms with Gasteiger partial charge in [-0.1, -0.05) is 23.4 Å². The van der Waals surface area contributed by atoms with Gasteiger partial charge >= 0.3 is 0 Å². The molecule has 3 rings (SSSR count). The number of carbonyl (C=O) groups is 1. The number of amides is 1. The van der Waals surface area contributed by atoms with Gasteiger partial charge in [0.05, 0.1) is 16.9 Å². The largest absolute Gasteiger partial charge is 0.302 e. The molecule has 0 radical (unpaired) electrons. The number of nitrogens with zero attached hydrogens (tertiary/aromatic N) is 5. The fraction of sp³-hybridized carbons (Fsp3) is 0.158. The second kappa shape index (κ2) is 9.99. The third kappa shape index (κ3) is 5.43. The number of nitro benzene ring substituents is 1. The molecule has 0 fully saturated rings. The Morgan fingerprint density at radius 1 is 1.23 bits per heavy atom. The van der Waals surface area contributed by atoms with Crippen molar-refractivity contribution in [2.45, 2.75) is 18.6 Å². The lowest BCUT2D eigenvalue weighted by Crippen LogP contribution is -2.20. The first kappa shape index (κ1) is 21.5. The molecule has 9 nitrogen and oxygen atoms in total. The monoisotopic (exact) mass is 444 g/mol. The first-order chi connectivity index (χ1) is 14.5. The summed E-state index contributed by atoms with van der Waals surface area (Å²) in [6.07, 6.45) is 1.42. The maximum Gasteiger partial charge on any atom is 0.269 e. The number of hydrogen-bond donors (Lipinski definition) is 1. The number of non-ortho nitro benzene ring substituents is 1. The maximum absolute atomic E-state index is 12.1. The lowest BCUT2D eigenvalue weighted by molar-refractivity contribution is -0.384. The Hall–Kier alpha value is -3.24. The number of nitrogens with one attached hydrogen (secondary N) is 1. The Kier molecular flexibility index (Phi) is 7.15. The second-order valence-corrected chi connectivity index (χ2v) is 7.37. The van der Waals surface area contributed by atoms with E-state index in [4.69, 9.17) is 11.6 Å². The number of aromatic nitrogens is 3. The average Bonchev–Trinajstić information content (AvgIpc) is 3.16. The summed E-state index contributed by atoms with van der Waals surface area (Å²) >= 11 is 7.19. The fourth-order valence-electron chi connectivity index (χ4n) is 2.52. The van der Waals surface area contributed by atoms with Crippen LogP contribution >= 0.6 is 23.4 Å². The van der Waals surface area contributed by atoms with Crippen LogP contribution in [0.2, 0.25) is 5.02 Å². The van der Waals surface area contributed by atoms with Crippen molar-refractivity contribution in [3.05, 3.63) is 69.2 Å². The molecule has 0 aliphatic carbocycles. The van der Waals surface area contributed by atoms with E-state index in [0.717, 1.165) is 5.56 Å². The van der Waals surface area contributed by atoms with E-state index in [1.807, 2.05) is 23.6 Å². The predicted octanol–water partition coefficient (Wildman–Crippen LogP) is 3.77. The highest BCUT2D eigenvalue weighted by atomic mass is 35.5. The van der Waals surface area contributed by atoms with Crippen LogP contribution in [0.1, 0.15) is 12.5 Å². The smallest absolute Gasteiger partial charge is 0.269 e. The van der Waals surface area contributed by atoms with Crippen LogP contribution in [0.3, 0.4) is 0 Å². The SMILES string of the molecule is CCn1c(SCC(=O)N/N=C/c2ccc([N+](=O)[O-])cc2)nnc1-c1ccc(Cl)cc1. The van der Waals surface area contributed by atoms with Gasteiger partial charge < -0.3 is 4.57 Å². The van der Waals surface area contributed by atoms with Crippen molar-refractivity contribution in [2.75, 3.05) is 5.75 Å². The molecular weight excluding hydrogens is 428 g/mol. The van der Waals surface area contributed by atoms with Gasteiger partial charge in [0.15, 0.2) is 11.0 Å². The minimum atomic E-state index is -0.479. The van der Waals surface area contributed by atoms with Crippen LogP contribution in [0.5, 0.6) is 0 Å². The summed E-state index contributed by atoms with van der Waals surface area (Å²) in [6.45, 7) is 2.62. The first-order valence-electron chi connectivity index (χ1n) is 8.86. The van der Waals surface area contributed by atoms with Crippen molar-refractivity contribution >= 4 is 41.2 Å². The van der Waals surface area contributed by atoms with Crippen molar-refractivity contribution in [1.82, 2.24) is 20.2 Å². The molecule has 0 aliphatic rings. The van der Waals surface area contributed by atoms with Crippen LogP contribution in [0.15, 0.2) is 58.8 Å². The molecule has 3 aromatic rings. The van der Waals surface area contributed by atoms with Gasteiger partial charge in [-0.2, -0.15) is 5.10 Å². The molecule has 30 heavy (non-hydrogen) atoms. The quantitative estimate of drug-likeness (QED) is 0.245. The lowest BCUT2D eigenvalue weighted by atomic mass is 10.2. The molecule has 0 unspecified atom stereocenters. The van der Waals surface area contributed by atoms with E-state index in [-0.39, 0.29) is 17.3 Å². The summed E-state index contributed by atoms with van der Waals surface area (Å²) in [6, 6.07) is 13.1. The zero-order chi connectivity index (χ0) is 21.5. The zero-order valence-corrected chi connectivity index (χ0v) is 17.4. The van der Waals surface area contributed by atoms with E-state index < -0.39 is 4.92 Å². The number of rotatable bonds is 8. The van der Waals surface area contributed by atoms with E-state index in [2.05, 4.69) is 20.7 Å². The highest BCUT2D eigenvalue weighted by Crippen LogP contribution is 2.25. The topological polar surface area (TPSA) is 115 Å². The normalized spacial score (nSPS) is 11.0. The van der Waals surface area contributed by atoms with Crippen molar-refractivity contribution in [2.24, 2.45) is 5.10 Å². The number of nitro groups is 1. The summed E-state index contributed by atoms with van der Waals surface area (Å²) in [5.74, 6) is 0.501. The minimum absolute atomic E-state index is 0.00871. The molecule has 1 amide bonds. The zero-order valence-electron chi connectivity index (χ0n) is 15.9. The molecule has 2 aromatic carbocycles. The van der Waals surface area contributed by atoms with Gasteiger partial charge in [-0.05, 0) is 48.9 Å². The Bertz CT molecular complexity index is 1070. The number of hydrogen-bond acceptors (Lipinski definition) is 7. The number of carbonyl (C=O) groups excluding carboxylic acids is 1. The standard InChI is InChI=1S/C19H17ClN6O3S/c1-2-25-18(14-5-7-15(20)8-6-14)23-24-19(25)30-12-17(27)22-21-11-13-3-9-16(10-4-13)26(28)29/h3-11H,2,12H2,1H3,(H,22,27)/b21-11+. The molecule has 0 saturated heterocycles. The van der Waals surface area contributed by atoms with Crippen LogP contribution in [-0.2, 0) is 11.3 Å². The predicted molar refractivity (Wildman–Crippen MR) is 116 cm³/mol. The Morgan fingerprint density at radius 3 is 2.57 bits per heavy atom. The summed E-state index contributed by atoms with van der Waals surface area (Å²) in [5, 5.41) is 24.2. The third-order valence-electron chi connectivity index (χ3n) is 3.97. The van der Waals surface area contributed by atoms with Crippen LogP contribution in [-0.4, -0.2) is 37.6 Å². The van der Waals surface area contributed by atoms with E-state index in [1.165, 1.54) is 30.1 Å². The molecule has 0 atom stereocenters. The summed E-state index contributed by atoms with van der Waals surface area (Å²) in [7, 11) is 0. The van der Waals surface area contributed by atoms with Gasteiger partial charge in [0.1, 0.15) is 0 Å². The lowest BCUT2D eigenvalue weighted by Gasteiger charge is -2.07. The molecular formula is C19H17ClN6O3S. The average molecular weight is 445 g/mol. The van der Waals surface area contributed by atoms with Gasteiger partial charge in [0, 0.05) is 29.3 Å². The van der Waals surface area contributed by atoms with Crippen LogP contribution in [0, 0.1) is 10.1 Å². The molecule has 154 valence electrons. The first-order valence-corrected chi connectivity index (χ1v) is 10.2. The fourth-order valence-corrected chi connectivity index (χ4v) is 3.44. The summed E-state index contributed by atoms with van der Waals surface area (Å²) in [5.41, 5.74) is 3.93. The number of hydrazone groups is 1. The Morgan fingerprint density at radius 2 is 1.93 bits per heavy atom. The molecule has 11 heteroatoms. The molecule has 1 aromatic heterocycles. The van der Waals surface area contributed by atoms with Crippen LogP contribution < -0.4 is 5.43 Å². The van der Waals surface area contributed by atoms with Gasteiger partial charge in [-0.15, -0.1) is 10.2 Å². The molecule has 1 N–H and O–H groups in total. The van der Waals surface area contributed by atoms with Crippen LogP contribution in [0.25, 0.3) is 11.4 Å². The van der Waals surface area contributed by atoms with Crippen molar-refractivity contribution in [3.63, 3.8) is 0 Å². The molecule has 0 spiro atoms. The minimum Gasteiger partial charge on any atom is -0.302 e. The second-order valence-electron chi connectivity index (χ2n) is 5.99. The molecule has 0 bridgehead atoms. The van der Waals surface area contributed by atoms with E-state index in [0.29, 0.717) is 28.1 Å². The Balaban J connectivity index is 1.57. The van der Waals surface area contributed by atoms with Crippen molar-refractivity contribution in [3.8, 4) is 11.4 Å². The van der Waals surface area contributed by atoms with Crippen molar-refractivity contribution < 1.29 is 9.72 Å². The molecule has 0 saturated carbocycles. The summed E-state index contributed by atoms with van der Waals surface area (Å²) in [4.78, 5) is 22.2. The van der Waals surface area contributed by atoms with Crippen LogP contribution in [0.4, 0.5) is 5.69 Å². The molecule has 1 heterocycles. The van der Waals surface area contributed by atoms with Gasteiger partial charge in [0.2, 0.25) is 0 Å². The van der Waals surface area contributed by atoms with Crippen molar-refractivity contribution in [1.29, 1.82) is 0 Å². The summed E-state index contributed by atoms with van der Waals surface area (Å²) < 4.78 is 1.92. The number of benzene rings is 2. The number of halogens is 1. The Labute approximate surface area is 181 Å². The van der Waals surface area contributed by atoms with Gasteiger partial charge in [-0.25, -0.2) is 5.43 Å². The third-order valence-corrected chi connectivity index (χ3v) is 5.19. The highest BCUT2D eigenvalue weighted by molar-refractivity contribution is 7.99. The highest BCUT2D eigenvalue weighted by Gasteiger charge is 2.14. The number of thioether (sulfide) groups is 1. The van der Waals surface area contributed by atoms with E-state index >= 15 is 0 Å². The van der Waals surface area contributed by atoms with Gasteiger partial charge in [-0.3, -0.25) is 14.9 Å². The van der Waals surface area contributed by atoms with Gasteiger partial charge in [0.25, 0.3) is 11.6 Å². The maximum atomic E-state index is 12.1. The van der Waals surface area contributed by atoms with E-state index in [1.54, 1.807) is 24.3 Å². The van der Waals surface area contributed by atoms with E-state index in [9.17, 15) is 14.9 Å². The molecule has 0 aliphatic heterocycles.